The maximum absolute atomic E-state index is 12.6. The zero-order valence-corrected chi connectivity index (χ0v) is 17.0. The van der Waals surface area contributed by atoms with Crippen molar-refractivity contribution in [2.75, 3.05) is 5.32 Å². The van der Waals surface area contributed by atoms with Crippen molar-refractivity contribution >= 4 is 50.7 Å². The second-order valence-corrected chi connectivity index (χ2v) is 7.41. The third-order valence-electron chi connectivity index (χ3n) is 3.86. The first-order valence-corrected chi connectivity index (χ1v) is 9.48. The van der Waals surface area contributed by atoms with Gasteiger partial charge in [-0.25, -0.2) is 0 Å². The molecule has 9 heteroatoms. The molecule has 3 aromatic rings. The van der Waals surface area contributed by atoms with Crippen LogP contribution in [0.5, 0.6) is 0 Å². The molecule has 2 aromatic heterocycles. The van der Waals surface area contributed by atoms with E-state index >= 15 is 0 Å². The van der Waals surface area contributed by atoms with Crippen LogP contribution in [0.3, 0.4) is 0 Å². The summed E-state index contributed by atoms with van der Waals surface area (Å²) in [5.41, 5.74) is 1.38. The molecule has 3 rings (SSSR count). The summed E-state index contributed by atoms with van der Waals surface area (Å²) in [5, 5.41) is 12.5. The van der Waals surface area contributed by atoms with E-state index in [9.17, 15) is 4.79 Å². The van der Waals surface area contributed by atoms with E-state index in [4.69, 9.17) is 23.2 Å². The molecule has 2 heterocycles. The van der Waals surface area contributed by atoms with Gasteiger partial charge in [-0.15, -0.1) is 0 Å². The molecule has 0 saturated carbocycles. The minimum Gasteiger partial charge on any atom is -0.322 e. The zero-order valence-electron chi connectivity index (χ0n) is 13.9. The quantitative estimate of drug-likeness (QED) is 0.580. The molecule has 26 heavy (non-hydrogen) atoms. The highest BCUT2D eigenvalue weighted by molar-refractivity contribution is 9.10. The van der Waals surface area contributed by atoms with Gasteiger partial charge < -0.3 is 5.32 Å². The van der Waals surface area contributed by atoms with E-state index in [1.54, 1.807) is 52.4 Å². The number of carbonyl (C=O) groups excluding carboxylic acids is 1. The molecule has 1 aromatic carbocycles. The Morgan fingerprint density at radius 2 is 1.96 bits per heavy atom. The van der Waals surface area contributed by atoms with E-state index in [1.807, 2.05) is 6.92 Å². The molecule has 0 spiro atoms. The predicted molar refractivity (Wildman–Crippen MR) is 106 cm³/mol. The minimum absolute atomic E-state index is 0.154. The molecule has 0 aliphatic rings. The lowest BCUT2D eigenvalue weighted by Gasteiger charge is -2.14. The number of hydrogen-bond donors (Lipinski definition) is 1. The summed E-state index contributed by atoms with van der Waals surface area (Å²) in [4.78, 5) is 12.6. The van der Waals surface area contributed by atoms with Crippen LogP contribution in [0.2, 0.25) is 10.0 Å². The Kier molecular flexibility index (Phi) is 6.01. The number of nitrogens with zero attached hydrogens (tertiary/aromatic N) is 4. The van der Waals surface area contributed by atoms with Gasteiger partial charge in [-0.1, -0.05) is 36.2 Å². The fourth-order valence-electron chi connectivity index (χ4n) is 2.56. The van der Waals surface area contributed by atoms with E-state index in [2.05, 4.69) is 31.4 Å². The summed E-state index contributed by atoms with van der Waals surface area (Å²) < 4.78 is 4.13. The van der Waals surface area contributed by atoms with Gasteiger partial charge in [0.1, 0.15) is 6.04 Å². The molecule has 1 unspecified atom stereocenters. The number of hydrogen-bond acceptors (Lipinski definition) is 3. The number of rotatable bonds is 6. The lowest BCUT2D eigenvalue weighted by Crippen LogP contribution is -2.25. The topological polar surface area (TPSA) is 64.7 Å². The first-order valence-electron chi connectivity index (χ1n) is 7.93. The average Bonchev–Trinajstić information content (AvgIpc) is 3.21. The van der Waals surface area contributed by atoms with Crippen LogP contribution in [0.25, 0.3) is 0 Å². The second kappa shape index (κ2) is 8.24. The molecule has 0 saturated heterocycles. The summed E-state index contributed by atoms with van der Waals surface area (Å²) in [6.07, 6.45) is 7.37. The van der Waals surface area contributed by atoms with Crippen LogP contribution >= 0.6 is 39.1 Å². The van der Waals surface area contributed by atoms with Crippen LogP contribution in [0.15, 0.2) is 47.5 Å². The number of amides is 1. The van der Waals surface area contributed by atoms with Crippen molar-refractivity contribution in [1.82, 2.24) is 19.6 Å². The molecule has 0 aliphatic heterocycles. The monoisotopic (exact) mass is 455 g/mol. The van der Waals surface area contributed by atoms with Gasteiger partial charge in [-0.05, 0) is 34.5 Å². The van der Waals surface area contributed by atoms with Gasteiger partial charge in [0.05, 0.1) is 29.1 Å². The van der Waals surface area contributed by atoms with Gasteiger partial charge >= 0.3 is 0 Å². The van der Waals surface area contributed by atoms with Gasteiger partial charge in [0.2, 0.25) is 5.91 Å². The Bertz CT molecular complexity index is 903. The van der Waals surface area contributed by atoms with Crippen LogP contribution in [0.1, 0.15) is 24.9 Å². The molecule has 0 radical (unpaired) electrons. The summed E-state index contributed by atoms with van der Waals surface area (Å²) in [5.74, 6) is -0.154. The predicted octanol–water partition coefficient (Wildman–Crippen LogP) is 4.79. The molecule has 1 N–H and O–H groups in total. The molecule has 0 bridgehead atoms. The maximum Gasteiger partial charge on any atom is 0.249 e. The minimum atomic E-state index is -0.400. The van der Waals surface area contributed by atoms with Crippen molar-refractivity contribution in [3.8, 4) is 0 Å². The molecule has 1 atom stereocenters. The van der Waals surface area contributed by atoms with Crippen molar-refractivity contribution in [2.24, 2.45) is 0 Å². The van der Waals surface area contributed by atoms with Crippen LogP contribution in [0, 0.1) is 0 Å². The highest BCUT2D eigenvalue weighted by Gasteiger charge is 2.20. The summed E-state index contributed by atoms with van der Waals surface area (Å²) in [6.45, 7) is 2.35. The van der Waals surface area contributed by atoms with E-state index in [-0.39, 0.29) is 5.91 Å². The second-order valence-electron chi connectivity index (χ2n) is 5.68. The van der Waals surface area contributed by atoms with Gasteiger partial charge in [0.25, 0.3) is 0 Å². The van der Waals surface area contributed by atoms with Crippen molar-refractivity contribution in [2.45, 2.75) is 25.9 Å². The molecule has 0 aliphatic carbocycles. The SMILES string of the molecule is CCC(C(=O)Nc1cnn(Cc2c(Cl)cccc2Cl)c1)n1cc(Br)cn1. The Morgan fingerprint density at radius 1 is 1.23 bits per heavy atom. The van der Waals surface area contributed by atoms with E-state index in [1.165, 1.54) is 0 Å². The van der Waals surface area contributed by atoms with Gasteiger partial charge in [-0.3, -0.25) is 14.2 Å². The highest BCUT2D eigenvalue weighted by Crippen LogP contribution is 2.25. The Morgan fingerprint density at radius 3 is 2.58 bits per heavy atom. The first-order chi connectivity index (χ1) is 12.5. The van der Waals surface area contributed by atoms with Gasteiger partial charge in [0, 0.05) is 28.0 Å². The summed E-state index contributed by atoms with van der Waals surface area (Å²) >= 11 is 15.7. The van der Waals surface area contributed by atoms with Gasteiger partial charge in [0.15, 0.2) is 0 Å². The van der Waals surface area contributed by atoms with E-state index in [0.717, 1.165) is 10.0 Å². The molecular weight excluding hydrogens is 441 g/mol. The zero-order chi connectivity index (χ0) is 18.7. The fourth-order valence-corrected chi connectivity index (χ4v) is 3.38. The smallest absolute Gasteiger partial charge is 0.249 e. The van der Waals surface area contributed by atoms with Crippen molar-refractivity contribution < 1.29 is 4.79 Å². The number of anilines is 1. The van der Waals surface area contributed by atoms with Crippen molar-refractivity contribution in [3.05, 3.63) is 63.1 Å². The van der Waals surface area contributed by atoms with Crippen LogP contribution < -0.4 is 5.32 Å². The lowest BCUT2D eigenvalue weighted by atomic mass is 10.2. The van der Waals surface area contributed by atoms with Gasteiger partial charge in [-0.2, -0.15) is 10.2 Å². The van der Waals surface area contributed by atoms with E-state index in [0.29, 0.717) is 28.7 Å². The van der Waals surface area contributed by atoms with Crippen LogP contribution in [0.4, 0.5) is 5.69 Å². The number of aromatic nitrogens is 4. The highest BCUT2D eigenvalue weighted by atomic mass is 79.9. The Hall–Kier alpha value is -1.83. The van der Waals surface area contributed by atoms with E-state index < -0.39 is 6.04 Å². The maximum atomic E-state index is 12.6. The largest absolute Gasteiger partial charge is 0.322 e. The van der Waals surface area contributed by atoms with Crippen LogP contribution in [-0.2, 0) is 11.3 Å². The third-order valence-corrected chi connectivity index (χ3v) is 4.98. The molecule has 136 valence electrons. The Balaban J connectivity index is 1.71. The first kappa shape index (κ1) is 18.9. The number of halogens is 3. The molecule has 1 amide bonds. The van der Waals surface area contributed by atoms with Crippen LogP contribution in [-0.4, -0.2) is 25.5 Å². The van der Waals surface area contributed by atoms with Crippen molar-refractivity contribution in [3.63, 3.8) is 0 Å². The normalized spacial score (nSPS) is 12.2. The number of benzene rings is 1. The summed E-state index contributed by atoms with van der Waals surface area (Å²) in [6, 6.07) is 4.95. The lowest BCUT2D eigenvalue weighted by molar-refractivity contribution is -0.119. The molecule has 0 fully saturated rings. The number of carbonyl (C=O) groups is 1. The van der Waals surface area contributed by atoms with Crippen molar-refractivity contribution in [1.29, 1.82) is 0 Å². The fraction of sp³-hybridized carbons (Fsp3) is 0.235. The Labute approximate surface area is 169 Å². The average molecular weight is 457 g/mol. The standard InChI is InChI=1S/C17H16BrCl2N5O/c1-2-16(25-8-11(18)6-22-25)17(26)23-12-7-21-24(9-12)10-13-14(19)4-3-5-15(13)20/h3-9,16H,2,10H2,1H3,(H,23,26). The molecule has 6 nitrogen and oxygen atoms in total. The third kappa shape index (κ3) is 4.28. The summed E-state index contributed by atoms with van der Waals surface area (Å²) in [7, 11) is 0. The number of nitrogens with one attached hydrogen (secondary N) is 1. The molecular formula is C17H16BrCl2N5O.